The molecule has 24 aromatic carbocycles. The van der Waals surface area contributed by atoms with Gasteiger partial charge in [-0.3, -0.25) is 0 Å². The second-order valence-electron chi connectivity index (χ2n) is 34.1. The molecule has 3 nitrogen and oxygen atoms in total. The lowest BCUT2D eigenvalue weighted by molar-refractivity contribution is 0.670. The zero-order valence-electron chi connectivity index (χ0n) is 68.8. The number of rotatable bonds is 10. The van der Waals surface area contributed by atoms with Crippen molar-refractivity contribution in [3.8, 4) is 111 Å². The molecule has 27 aromatic rings. The Morgan fingerprint density at radius 1 is 0.118 bits per heavy atom. The molecule has 0 N–H and O–H groups in total. The van der Waals surface area contributed by atoms with Crippen LogP contribution in [0.1, 0.15) is 0 Å². The third-order valence-corrected chi connectivity index (χ3v) is 27.4. The molecule has 0 unspecified atom stereocenters. The van der Waals surface area contributed by atoms with Crippen LogP contribution in [-0.4, -0.2) is 0 Å². The van der Waals surface area contributed by atoms with Crippen molar-refractivity contribution in [2.45, 2.75) is 0 Å². The molecule has 0 saturated carbocycles. The molecule has 3 aromatic heterocycles. The van der Waals surface area contributed by atoms with Gasteiger partial charge in [-0.1, -0.05) is 388 Å². The lowest BCUT2D eigenvalue weighted by Gasteiger charge is -2.20. The summed E-state index contributed by atoms with van der Waals surface area (Å²) in [6, 6.07) is 161. The van der Waals surface area contributed by atoms with Crippen LogP contribution in [0.3, 0.4) is 0 Å². The van der Waals surface area contributed by atoms with Crippen LogP contribution < -0.4 is 0 Å². The van der Waals surface area contributed by atoms with Crippen molar-refractivity contribution in [1.82, 2.24) is 0 Å². The summed E-state index contributed by atoms with van der Waals surface area (Å²) in [5.41, 5.74) is 28.3. The van der Waals surface area contributed by atoms with E-state index >= 15 is 0 Å². The molecule has 127 heavy (non-hydrogen) atoms. The van der Waals surface area contributed by atoms with Crippen LogP contribution in [0.25, 0.3) is 285 Å². The summed E-state index contributed by atoms with van der Waals surface area (Å²) in [6.07, 6.45) is 0. The highest BCUT2D eigenvalue weighted by molar-refractivity contribution is 6.32. The van der Waals surface area contributed by atoms with E-state index in [1.165, 1.54) is 142 Å². The number of hydrogen-bond acceptors (Lipinski definition) is 3. The van der Waals surface area contributed by atoms with Gasteiger partial charge >= 0.3 is 0 Å². The number of fused-ring (bicyclic) bond motifs is 20. The van der Waals surface area contributed by atoms with Gasteiger partial charge in [0.05, 0.1) is 0 Å². The van der Waals surface area contributed by atoms with Crippen molar-refractivity contribution in [3.63, 3.8) is 0 Å². The van der Waals surface area contributed by atoms with Crippen LogP contribution in [0.15, 0.2) is 450 Å². The summed E-state index contributed by atoms with van der Waals surface area (Å²) < 4.78 is 21.4. The summed E-state index contributed by atoms with van der Waals surface area (Å²) in [4.78, 5) is 0. The summed E-state index contributed by atoms with van der Waals surface area (Å²) in [7, 11) is 0. The van der Waals surface area contributed by atoms with E-state index < -0.39 is 0 Å². The molecule has 0 atom stereocenters. The van der Waals surface area contributed by atoms with Gasteiger partial charge in [0.2, 0.25) is 0 Å². The number of furan rings is 3. The average Bonchev–Trinajstić information content (AvgIpc) is 1.69. The maximum atomic E-state index is 7.34. The van der Waals surface area contributed by atoms with Crippen molar-refractivity contribution in [2.75, 3.05) is 0 Å². The topological polar surface area (TPSA) is 39.4 Å². The highest BCUT2D eigenvalue weighted by Gasteiger charge is 2.29. The third-order valence-electron chi connectivity index (χ3n) is 27.4. The summed E-state index contributed by atoms with van der Waals surface area (Å²) in [5, 5.41) is 30.4. The fraction of sp³-hybridized carbons (Fsp3) is 0. The van der Waals surface area contributed by atoms with E-state index in [1.807, 2.05) is 0 Å². The Labute approximate surface area is 729 Å². The minimum absolute atomic E-state index is 0.856. The quantitative estimate of drug-likeness (QED) is 0.128. The zero-order valence-corrected chi connectivity index (χ0v) is 68.8. The summed E-state index contributed by atoms with van der Waals surface area (Å²) >= 11 is 0. The third kappa shape index (κ3) is 10.9. The minimum Gasteiger partial charge on any atom is -0.455 e. The first kappa shape index (κ1) is 70.9. The van der Waals surface area contributed by atoms with E-state index in [0.29, 0.717) is 0 Å². The Kier molecular flexibility index (Phi) is 15.6. The second kappa shape index (κ2) is 27.9. The highest BCUT2D eigenvalue weighted by Crippen LogP contribution is 2.55. The van der Waals surface area contributed by atoms with E-state index in [9.17, 15) is 0 Å². The van der Waals surface area contributed by atoms with Gasteiger partial charge in [-0.2, -0.15) is 0 Å². The predicted molar refractivity (Wildman–Crippen MR) is 538 cm³/mol. The minimum atomic E-state index is 0.856. The van der Waals surface area contributed by atoms with E-state index in [2.05, 4.69) is 437 Å². The molecule has 3 heterocycles. The van der Waals surface area contributed by atoms with Crippen LogP contribution in [0.2, 0.25) is 0 Å². The van der Waals surface area contributed by atoms with Crippen LogP contribution >= 0.6 is 0 Å². The molecule has 0 fully saturated rings. The van der Waals surface area contributed by atoms with Crippen LogP contribution in [-0.2, 0) is 0 Å². The summed E-state index contributed by atoms with van der Waals surface area (Å²) in [6.45, 7) is 0. The first-order chi connectivity index (χ1) is 63.0. The molecule has 0 spiro atoms. The molecule has 27 rings (SSSR count). The Bertz CT molecular complexity index is 9190. The van der Waals surface area contributed by atoms with Crippen LogP contribution in [0, 0.1) is 0 Å². The van der Waals surface area contributed by atoms with E-state index in [1.54, 1.807) is 0 Å². The molecule has 0 radical (unpaired) electrons. The smallest absolute Gasteiger partial charge is 0.143 e. The molecular weight excluding hydrogens is 1540 g/mol. The van der Waals surface area contributed by atoms with Crippen molar-refractivity contribution >= 4 is 174 Å². The summed E-state index contributed by atoms with van der Waals surface area (Å²) in [5.74, 6) is 0. The molecule has 586 valence electrons. The molecule has 0 aliphatic carbocycles. The molecular formula is C124H72O3. The van der Waals surface area contributed by atoms with Crippen molar-refractivity contribution in [2.24, 2.45) is 0 Å². The van der Waals surface area contributed by atoms with E-state index in [4.69, 9.17) is 13.3 Å². The van der Waals surface area contributed by atoms with Crippen molar-refractivity contribution in [1.29, 1.82) is 0 Å². The van der Waals surface area contributed by atoms with Crippen LogP contribution in [0.5, 0.6) is 0 Å². The second-order valence-corrected chi connectivity index (χ2v) is 34.1. The Morgan fingerprint density at radius 3 is 0.780 bits per heavy atom. The fourth-order valence-electron chi connectivity index (χ4n) is 21.7. The largest absolute Gasteiger partial charge is 0.455 e. The van der Waals surface area contributed by atoms with Gasteiger partial charge in [-0.05, 0) is 251 Å². The van der Waals surface area contributed by atoms with Gasteiger partial charge in [0.1, 0.15) is 33.5 Å². The Morgan fingerprint density at radius 2 is 0.386 bits per heavy atom. The molecule has 0 amide bonds. The van der Waals surface area contributed by atoms with E-state index in [0.717, 1.165) is 143 Å². The molecule has 0 aliphatic heterocycles. The van der Waals surface area contributed by atoms with Gasteiger partial charge in [0, 0.05) is 48.8 Å². The Hall–Kier alpha value is -16.7. The molecule has 3 heteroatoms. The van der Waals surface area contributed by atoms with E-state index in [-0.39, 0.29) is 0 Å². The van der Waals surface area contributed by atoms with Crippen molar-refractivity contribution < 1.29 is 13.3 Å². The zero-order chi connectivity index (χ0) is 83.1. The monoisotopic (exact) mass is 1610 g/mol. The standard InChI is InChI=1S/C124H72O3/c1-3-27-85-71-111-108(69-83(85)25-1)120-105(67-65-89(123(120)126-111)79-55-51-75(52-56-79)73-47-49-74(50-48-73)76-53-59-81(60-54-76)113-92-32-9-13-36-96(92)116(97-37-14-10-33-93(97)113)104-45-22-46-110-119(104)107-64-63-78-24-6-8-31-88(78)122(107)125-110)117-98-38-15-11-34-94(98)114(95-35-12-16-39-99(95)117)82-61-57-80(58-62-82)90-66-68-106(121-109-70-84-26-2-4-28-86(84)72-112(109)127-124(90)121)118-102-42-19-17-40-100(102)115(101-41-18-20-43-103(101)118)91-44-21-29-77-23-5-7-30-87(77)91/h1-72H. The predicted octanol–water partition coefficient (Wildman–Crippen LogP) is 35.6. The normalized spacial score (nSPS) is 12.1. The number of benzene rings is 24. The van der Waals surface area contributed by atoms with Gasteiger partial charge in [-0.25, -0.2) is 0 Å². The fourth-order valence-corrected chi connectivity index (χ4v) is 21.7. The Balaban J connectivity index is 0.536. The first-order valence-corrected chi connectivity index (χ1v) is 43.8. The lowest BCUT2D eigenvalue weighted by atomic mass is 9.83. The maximum absolute atomic E-state index is 7.34. The molecule has 0 saturated heterocycles. The maximum Gasteiger partial charge on any atom is 0.143 e. The average molecular weight is 1610 g/mol. The number of hydrogen-bond donors (Lipinski definition) is 0. The van der Waals surface area contributed by atoms with Gasteiger partial charge < -0.3 is 13.3 Å². The van der Waals surface area contributed by atoms with Gasteiger partial charge in [0.15, 0.2) is 0 Å². The highest BCUT2D eigenvalue weighted by atomic mass is 16.3. The van der Waals surface area contributed by atoms with Gasteiger partial charge in [-0.15, -0.1) is 0 Å². The van der Waals surface area contributed by atoms with Crippen LogP contribution in [0.4, 0.5) is 0 Å². The molecule has 0 aliphatic rings. The van der Waals surface area contributed by atoms with Crippen molar-refractivity contribution in [3.05, 3.63) is 437 Å². The first-order valence-electron chi connectivity index (χ1n) is 43.8. The molecule has 0 bridgehead atoms. The van der Waals surface area contributed by atoms with Gasteiger partial charge in [0.25, 0.3) is 0 Å². The lowest BCUT2D eigenvalue weighted by Crippen LogP contribution is -1.93. The SMILES string of the molecule is c1ccc2cc3c(cc2c1)oc1c(-c2ccc(-c4ccc(-c5ccc(-c6c7ccccc7c(-c7cccc8oc9c%10ccccc%10ccc9c78)c7ccccc67)cc5)cc4)cc2)ccc(-c2c4ccccc4c(-c4ccc(-c5ccc(-c6c7ccccc7c(-c7cccc8ccccc78)c7ccccc67)c6c5oc5cc7ccccc7cc56)cc4)c4ccccc24)c13.